The van der Waals surface area contributed by atoms with Crippen LogP contribution in [0.4, 0.5) is 10.1 Å². The van der Waals surface area contributed by atoms with Gasteiger partial charge in [0.2, 0.25) is 5.43 Å². The molecule has 2 aromatic carbocycles. The molecule has 1 aromatic heterocycles. The molecule has 31 heavy (non-hydrogen) atoms. The number of rotatable bonds is 5. The van der Waals surface area contributed by atoms with Gasteiger partial charge >= 0.3 is 0 Å². The van der Waals surface area contributed by atoms with Crippen LogP contribution in [-0.4, -0.2) is 28.7 Å². The van der Waals surface area contributed by atoms with E-state index < -0.39 is 5.82 Å². The van der Waals surface area contributed by atoms with Gasteiger partial charge in [-0.05, 0) is 54.1 Å². The van der Waals surface area contributed by atoms with Gasteiger partial charge in [-0.15, -0.1) is 0 Å². The van der Waals surface area contributed by atoms with Gasteiger partial charge in [-0.2, -0.15) is 5.10 Å². The lowest BCUT2D eigenvalue weighted by Crippen LogP contribution is -2.20. The van der Waals surface area contributed by atoms with Crippen LogP contribution in [0.5, 0.6) is 0 Å². The molecule has 6 nitrogen and oxygen atoms in total. The molecule has 2 heterocycles. The van der Waals surface area contributed by atoms with Crippen LogP contribution in [0, 0.1) is 5.82 Å². The van der Waals surface area contributed by atoms with E-state index in [9.17, 15) is 9.18 Å². The summed E-state index contributed by atoms with van der Waals surface area (Å²) in [6, 6.07) is 15.4. The van der Waals surface area contributed by atoms with E-state index in [-0.39, 0.29) is 22.5 Å². The number of halogens is 1. The number of para-hydroxylation sites is 1. The molecule has 3 aromatic rings. The Hall–Kier alpha value is -3.84. The number of aromatic nitrogens is 2. The van der Waals surface area contributed by atoms with Crippen molar-refractivity contribution in [3.05, 3.63) is 106 Å². The van der Waals surface area contributed by atoms with Gasteiger partial charge in [0.25, 0.3) is 0 Å². The molecule has 0 unspecified atom stereocenters. The van der Waals surface area contributed by atoms with Gasteiger partial charge in [-0.25, -0.2) is 14.1 Å². The maximum atomic E-state index is 15.0. The molecule has 0 bridgehead atoms. The van der Waals surface area contributed by atoms with E-state index in [1.165, 1.54) is 35.3 Å². The Morgan fingerprint density at radius 3 is 2.74 bits per heavy atom. The smallest absolute Gasteiger partial charge is 0.209 e. The number of allylic oxidation sites excluding steroid dienone is 1. The number of nitrogens with zero attached hydrogens (tertiary/aromatic N) is 3. The van der Waals surface area contributed by atoms with Crippen molar-refractivity contribution in [2.75, 3.05) is 13.2 Å². The van der Waals surface area contributed by atoms with Crippen molar-refractivity contribution in [2.24, 2.45) is 10.7 Å². The Bertz CT molecular complexity index is 1230. The molecule has 1 aliphatic rings. The number of nitrogens with two attached hydrogens (primary N) is 1. The minimum absolute atomic E-state index is 0.0728. The van der Waals surface area contributed by atoms with Crippen molar-refractivity contribution in [3.8, 4) is 5.69 Å². The maximum absolute atomic E-state index is 15.0. The fourth-order valence-corrected chi connectivity index (χ4v) is 3.30. The summed E-state index contributed by atoms with van der Waals surface area (Å²) in [6.07, 6.45) is 6.92. The van der Waals surface area contributed by atoms with E-state index >= 15 is 0 Å². The first-order chi connectivity index (χ1) is 15.2. The monoisotopic (exact) mass is 416 g/mol. The van der Waals surface area contributed by atoms with Crippen LogP contribution in [0.3, 0.4) is 0 Å². The second kappa shape index (κ2) is 9.32. The lowest BCUT2D eigenvalue weighted by atomic mass is 10.0. The number of benzene rings is 2. The molecule has 0 saturated carbocycles. The molecule has 4 rings (SSSR count). The van der Waals surface area contributed by atoms with Crippen LogP contribution in [0.15, 0.2) is 88.9 Å². The van der Waals surface area contributed by atoms with E-state index in [1.54, 1.807) is 18.2 Å². The Morgan fingerprint density at radius 2 is 2.03 bits per heavy atom. The van der Waals surface area contributed by atoms with E-state index in [4.69, 9.17) is 10.5 Å². The summed E-state index contributed by atoms with van der Waals surface area (Å²) in [4.78, 5) is 17.0. The van der Waals surface area contributed by atoms with Crippen molar-refractivity contribution in [1.82, 2.24) is 9.78 Å². The van der Waals surface area contributed by atoms with Gasteiger partial charge in [-0.3, -0.25) is 4.79 Å². The predicted octanol–water partition coefficient (Wildman–Crippen LogP) is 3.77. The molecule has 0 fully saturated rings. The molecule has 0 atom stereocenters. The molecular formula is C24H21FN4O2. The zero-order chi connectivity index (χ0) is 21.6. The molecule has 0 amide bonds. The second-order valence-corrected chi connectivity index (χ2v) is 6.89. The average molecular weight is 416 g/mol. The molecule has 7 heteroatoms. The van der Waals surface area contributed by atoms with E-state index in [2.05, 4.69) is 10.1 Å². The third-order valence-corrected chi connectivity index (χ3v) is 4.84. The summed E-state index contributed by atoms with van der Waals surface area (Å²) in [5.41, 5.74) is 8.32. The third kappa shape index (κ3) is 4.67. The van der Waals surface area contributed by atoms with Crippen molar-refractivity contribution in [3.63, 3.8) is 0 Å². The highest BCUT2D eigenvalue weighted by Gasteiger charge is 2.14. The largest absolute Gasteiger partial charge is 0.405 e. The minimum Gasteiger partial charge on any atom is -0.405 e. The van der Waals surface area contributed by atoms with Crippen LogP contribution in [0.2, 0.25) is 0 Å². The highest BCUT2D eigenvalue weighted by molar-refractivity contribution is 6.08. The minimum atomic E-state index is -0.442. The van der Waals surface area contributed by atoms with E-state index in [0.717, 1.165) is 17.6 Å². The summed E-state index contributed by atoms with van der Waals surface area (Å²) >= 11 is 0. The zero-order valence-corrected chi connectivity index (χ0v) is 16.7. The van der Waals surface area contributed by atoms with Crippen molar-refractivity contribution >= 4 is 17.0 Å². The summed E-state index contributed by atoms with van der Waals surface area (Å²) in [5, 5.41) is 4.35. The molecule has 1 aliphatic heterocycles. The summed E-state index contributed by atoms with van der Waals surface area (Å²) in [6.45, 7) is 1.15. The van der Waals surface area contributed by atoms with Gasteiger partial charge < -0.3 is 10.5 Å². The Kier molecular flexibility index (Phi) is 6.14. The van der Waals surface area contributed by atoms with Gasteiger partial charge in [0, 0.05) is 12.3 Å². The van der Waals surface area contributed by atoms with Crippen LogP contribution in [-0.2, 0) is 4.74 Å². The summed E-state index contributed by atoms with van der Waals surface area (Å²) in [7, 11) is 0. The summed E-state index contributed by atoms with van der Waals surface area (Å²) in [5.74, 6) is -0.442. The molecule has 0 saturated heterocycles. The van der Waals surface area contributed by atoms with Gasteiger partial charge in [0.15, 0.2) is 5.69 Å². The highest BCUT2D eigenvalue weighted by Crippen LogP contribution is 2.24. The van der Waals surface area contributed by atoms with E-state index in [1.807, 2.05) is 30.3 Å². The first-order valence-electron chi connectivity index (χ1n) is 9.85. The van der Waals surface area contributed by atoms with Crippen LogP contribution in [0.1, 0.15) is 17.7 Å². The first kappa shape index (κ1) is 20.4. The van der Waals surface area contributed by atoms with Crippen molar-refractivity contribution in [2.45, 2.75) is 6.42 Å². The predicted molar refractivity (Wildman–Crippen MR) is 119 cm³/mol. The van der Waals surface area contributed by atoms with E-state index in [0.29, 0.717) is 18.9 Å². The third-order valence-electron chi connectivity index (χ3n) is 4.84. The highest BCUT2D eigenvalue weighted by atomic mass is 19.1. The summed E-state index contributed by atoms with van der Waals surface area (Å²) < 4.78 is 21.6. The Morgan fingerprint density at radius 1 is 1.19 bits per heavy atom. The van der Waals surface area contributed by atoms with Crippen LogP contribution in [0.25, 0.3) is 11.3 Å². The lowest BCUT2D eigenvalue weighted by Gasteiger charge is -2.15. The number of aliphatic imine (C=N–C) groups is 1. The molecule has 0 radical (unpaired) electrons. The SMILES string of the molecule is NC=CC(=Nc1ccccc1)c1nn(-c2ccc(C3=CCOCC3)cc2F)ccc1=O. The van der Waals surface area contributed by atoms with Crippen LogP contribution >= 0.6 is 0 Å². The van der Waals surface area contributed by atoms with Gasteiger partial charge in [-0.1, -0.05) is 30.3 Å². The van der Waals surface area contributed by atoms with Crippen molar-refractivity contribution < 1.29 is 9.13 Å². The fourth-order valence-electron chi connectivity index (χ4n) is 3.30. The van der Waals surface area contributed by atoms with Crippen LogP contribution < -0.4 is 11.2 Å². The molecule has 156 valence electrons. The Labute approximate surface area is 178 Å². The maximum Gasteiger partial charge on any atom is 0.209 e. The molecule has 2 N–H and O–H groups in total. The standard InChI is InChI=1S/C24H21FN4O2/c25-20-16-18(17-10-14-31-15-11-17)6-7-22(20)29-13-9-23(30)24(28-29)21(8-12-26)27-19-4-2-1-3-5-19/h1-10,12-13,16H,11,14-15,26H2. The topological polar surface area (TPSA) is 82.5 Å². The lowest BCUT2D eigenvalue weighted by molar-refractivity contribution is 0.161. The second-order valence-electron chi connectivity index (χ2n) is 6.89. The number of hydrogen-bond acceptors (Lipinski definition) is 5. The molecular weight excluding hydrogens is 395 g/mol. The quantitative estimate of drug-likeness (QED) is 0.642. The van der Waals surface area contributed by atoms with Crippen molar-refractivity contribution in [1.29, 1.82) is 0 Å². The first-order valence-corrected chi connectivity index (χ1v) is 9.85. The normalized spacial score (nSPS) is 14.6. The fraction of sp³-hybridized carbons (Fsp3) is 0.125. The average Bonchev–Trinajstić information content (AvgIpc) is 2.80. The number of ether oxygens (including phenoxy) is 1. The molecule has 0 aliphatic carbocycles. The van der Waals surface area contributed by atoms with Gasteiger partial charge in [0.05, 0.1) is 24.6 Å². The zero-order valence-electron chi connectivity index (χ0n) is 16.7. The molecule has 0 spiro atoms. The van der Waals surface area contributed by atoms with Gasteiger partial charge in [0.1, 0.15) is 11.5 Å². The number of hydrogen-bond donors (Lipinski definition) is 1. The Balaban J connectivity index is 1.74.